The molecule has 220 valence electrons. The molecule has 0 radical (unpaired) electrons. The van der Waals surface area contributed by atoms with Crippen molar-refractivity contribution in [1.29, 1.82) is 0 Å². The van der Waals surface area contributed by atoms with Crippen LogP contribution in [0.1, 0.15) is 51.9 Å². The van der Waals surface area contributed by atoms with Crippen molar-refractivity contribution < 1.29 is 48.9 Å². The highest BCUT2D eigenvalue weighted by Crippen LogP contribution is 2.14. The third-order valence-corrected chi connectivity index (χ3v) is 5.33. The van der Waals surface area contributed by atoms with Gasteiger partial charge in [0.25, 0.3) is 0 Å². The van der Waals surface area contributed by atoms with Crippen molar-refractivity contribution >= 4 is 47.2 Å². The van der Waals surface area contributed by atoms with Crippen molar-refractivity contribution in [3.63, 3.8) is 0 Å². The first-order chi connectivity index (χ1) is 18.3. The molecule has 0 saturated heterocycles. The van der Waals surface area contributed by atoms with E-state index >= 15 is 0 Å². The minimum atomic E-state index is -1.69. The van der Waals surface area contributed by atoms with Crippen molar-refractivity contribution in [2.75, 3.05) is 26.2 Å². The molecule has 16 heteroatoms. The Bertz CT molecular complexity index is 919. The number of aliphatic hydroxyl groups is 1. The van der Waals surface area contributed by atoms with Gasteiger partial charge in [0.2, 0.25) is 17.7 Å². The van der Waals surface area contributed by atoms with Crippen LogP contribution < -0.4 is 27.4 Å². The number of amides is 3. The number of Topliss-reactive ketones (excluding diaryl/α,β-unsaturated/α-hetero) is 2. The summed E-state index contributed by atoms with van der Waals surface area (Å²) in [6, 6.07) is -1.69. The van der Waals surface area contributed by atoms with Crippen LogP contribution in [0.15, 0.2) is 4.99 Å². The van der Waals surface area contributed by atoms with Gasteiger partial charge < -0.3 is 42.7 Å². The van der Waals surface area contributed by atoms with Gasteiger partial charge in [-0.05, 0) is 19.3 Å². The zero-order valence-electron chi connectivity index (χ0n) is 21.8. The number of nitrogens with one attached hydrogen (secondary N) is 3. The van der Waals surface area contributed by atoms with Gasteiger partial charge in [-0.3, -0.25) is 33.8 Å². The number of aliphatic imine (C=N–C) groups is 1. The number of carboxylic acids is 2. The van der Waals surface area contributed by atoms with E-state index in [2.05, 4.69) is 15.6 Å². The standard InChI is InChI=1S/C23H38N6O10/c1-2-4-18(33)27-10-15(31)7-13(5-3-6-26-23(24)25)20(36)28-11-16(32)8-14(9-19(34)35)21(37)29-17(12-30)22(38)39/h13-14,17,30H,2-12H2,1H3,(H,27,33)(H,28,36)(H,29,37)(H,34,35)(H,38,39)(H4,24,25,26)/t13-,14+,17+/m1/s1. The highest BCUT2D eigenvalue weighted by atomic mass is 16.4. The number of guanidine groups is 1. The summed E-state index contributed by atoms with van der Waals surface area (Å²) in [7, 11) is 0. The number of ketones is 2. The number of carboxylic acid groups (broad SMARTS) is 2. The molecule has 0 aromatic carbocycles. The fraction of sp³-hybridized carbons (Fsp3) is 0.652. The zero-order valence-corrected chi connectivity index (χ0v) is 21.8. The third kappa shape index (κ3) is 16.4. The van der Waals surface area contributed by atoms with Crippen LogP contribution in [0.2, 0.25) is 0 Å². The number of carbonyl (C=O) groups is 7. The summed E-state index contributed by atoms with van der Waals surface area (Å²) in [5, 5.41) is 33.8. The molecule has 10 N–H and O–H groups in total. The summed E-state index contributed by atoms with van der Waals surface area (Å²) in [6.45, 7) is 0.181. The van der Waals surface area contributed by atoms with E-state index in [4.69, 9.17) is 26.8 Å². The van der Waals surface area contributed by atoms with Gasteiger partial charge in [0.1, 0.15) is 6.04 Å². The fourth-order valence-corrected chi connectivity index (χ4v) is 3.35. The van der Waals surface area contributed by atoms with Gasteiger partial charge in [-0.1, -0.05) is 6.92 Å². The van der Waals surface area contributed by atoms with Crippen LogP contribution in [-0.2, 0) is 33.6 Å². The first-order valence-electron chi connectivity index (χ1n) is 12.3. The maximum atomic E-state index is 12.8. The van der Waals surface area contributed by atoms with E-state index in [1.165, 1.54) is 0 Å². The molecule has 0 aliphatic rings. The average Bonchev–Trinajstić information content (AvgIpc) is 2.85. The summed E-state index contributed by atoms with van der Waals surface area (Å²) in [6.07, 6.45) is -0.321. The lowest BCUT2D eigenvalue weighted by Crippen LogP contribution is -2.47. The molecular formula is C23H38N6O10. The molecule has 0 unspecified atom stereocenters. The molecule has 0 spiro atoms. The number of aliphatic carboxylic acids is 2. The van der Waals surface area contributed by atoms with Gasteiger partial charge in [0.15, 0.2) is 17.5 Å². The number of rotatable bonds is 21. The fourth-order valence-electron chi connectivity index (χ4n) is 3.35. The van der Waals surface area contributed by atoms with Gasteiger partial charge >= 0.3 is 11.9 Å². The Morgan fingerprint density at radius 3 is 1.95 bits per heavy atom. The number of nitrogens with two attached hydrogens (primary N) is 2. The highest BCUT2D eigenvalue weighted by molar-refractivity contribution is 5.94. The topological polar surface area (TPSA) is 281 Å². The predicted molar refractivity (Wildman–Crippen MR) is 136 cm³/mol. The van der Waals surface area contributed by atoms with Crippen molar-refractivity contribution in [2.24, 2.45) is 28.3 Å². The molecule has 3 amide bonds. The average molecular weight is 559 g/mol. The Balaban J connectivity index is 5.20. The molecule has 3 atom stereocenters. The van der Waals surface area contributed by atoms with Crippen molar-refractivity contribution in [3.8, 4) is 0 Å². The van der Waals surface area contributed by atoms with E-state index in [1.807, 2.05) is 5.32 Å². The molecule has 0 bridgehead atoms. The summed E-state index contributed by atoms with van der Waals surface area (Å²) in [5.74, 6) is -8.63. The summed E-state index contributed by atoms with van der Waals surface area (Å²) in [5.41, 5.74) is 10.5. The molecule has 0 aromatic heterocycles. The molecule has 0 saturated carbocycles. The second-order valence-electron chi connectivity index (χ2n) is 8.75. The van der Waals surface area contributed by atoms with Gasteiger partial charge in [0, 0.05) is 31.7 Å². The van der Waals surface area contributed by atoms with Crippen LogP contribution in [0.5, 0.6) is 0 Å². The SMILES string of the molecule is CCCC(=O)NCC(=O)C[C@@H](CCCN=C(N)N)C(=O)NCC(=O)C[C@@H](CC(=O)O)C(=O)N[C@@H](CO)C(=O)O. The Morgan fingerprint density at radius 1 is 0.846 bits per heavy atom. The number of hydrogen-bond acceptors (Lipinski definition) is 9. The van der Waals surface area contributed by atoms with Crippen LogP contribution in [0.4, 0.5) is 0 Å². The maximum absolute atomic E-state index is 12.8. The predicted octanol–water partition coefficient (Wildman–Crippen LogP) is -2.74. The number of carbonyl (C=O) groups excluding carboxylic acids is 5. The van der Waals surface area contributed by atoms with Gasteiger partial charge in [0.05, 0.1) is 32.0 Å². The first-order valence-corrected chi connectivity index (χ1v) is 12.3. The van der Waals surface area contributed by atoms with E-state index in [9.17, 15) is 33.6 Å². The maximum Gasteiger partial charge on any atom is 0.328 e. The Morgan fingerprint density at radius 2 is 1.44 bits per heavy atom. The minimum absolute atomic E-state index is 0.148. The highest BCUT2D eigenvalue weighted by Gasteiger charge is 2.29. The van der Waals surface area contributed by atoms with Crippen LogP contribution in [0.3, 0.4) is 0 Å². The second-order valence-corrected chi connectivity index (χ2v) is 8.75. The Labute approximate surface area is 225 Å². The van der Waals surface area contributed by atoms with Crippen molar-refractivity contribution in [2.45, 2.75) is 57.9 Å². The minimum Gasteiger partial charge on any atom is -0.481 e. The van der Waals surface area contributed by atoms with Crippen molar-refractivity contribution in [3.05, 3.63) is 0 Å². The normalized spacial score (nSPS) is 12.8. The van der Waals surface area contributed by atoms with Gasteiger partial charge in [-0.15, -0.1) is 0 Å². The molecule has 0 heterocycles. The zero-order chi connectivity index (χ0) is 30.0. The van der Waals surface area contributed by atoms with Gasteiger partial charge in [-0.25, -0.2) is 4.79 Å². The smallest absolute Gasteiger partial charge is 0.328 e. The molecule has 0 aliphatic carbocycles. The number of nitrogens with zero attached hydrogens (tertiary/aromatic N) is 1. The van der Waals surface area contributed by atoms with Gasteiger partial charge in [-0.2, -0.15) is 0 Å². The lowest BCUT2D eigenvalue weighted by Gasteiger charge is -2.19. The van der Waals surface area contributed by atoms with E-state index in [-0.39, 0.29) is 44.2 Å². The van der Waals surface area contributed by atoms with E-state index in [1.54, 1.807) is 6.92 Å². The molecule has 0 rings (SSSR count). The van der Waals surface area contributed by atoms with Crippen LogP contribution in [0, 0.1) is 11.8 Å². The second kappa shape index (κ2) is 19.1. The van der Waals surface area contributed by atoms with Crippen LogP contribution >= 0.6 is 0 Å². The lowest BCUT2D eigenvalue weighted by molar-refractivity contribution is -0.145. The van der Waals surface area contributed by atoms with Crippen LogP contribution in [0.25, 0.3) is 0 Å². The number of hydrogen-bond donors (Lipinski definition) is 8. The largest absolute Gasteiger partial charge is 0.481 e. The first kappa shape index (κ1) is 34.9. The Kier molecular flexibility index (Phi) is 17.1. The molecule has 39 heavy (non-hydrogen) atoms. The summed E-state index contributed by atoms with van der Waals surface area (Å²) >= 11 is 0. The lowest BCUT2D eigenvalue weighted by atomic mass is 9.95. The Hall–Kier alpha value is -4.08. The van der Waals surface area contributed by atoms with Crippen molar-refractivity contribution in [1.82, 2.24) is 16.0 Å². The van der Waals surface area contributed by atoms with E-state index in [0.717, 1.165) is 0 Å². The number of aliphatic hydroxyl groups excluding tert-OH is 1. The summed E-state index contributed by atoms with van der Waals surface area (Å²) < 4.78 is 0. The van der Waals surface area contributed by atoms with E-state index in [0.29, 0.717) is 12.8 Å². The summed E-state index contributed by atoms with van der Waals surface area (Å²) in [4.78, 5) is 87.4. The molecule has 0 fully saturated rings. The molecular weight excluding hydrogens is 520 g/mol. The molecule has 0 aromatic rings. The quantitative estimate of drug-likeness (QED) is 0.0404. The third-order valence-electron chi connectivity index (χ3n) is 5.33. The van der Waals surface area contributed by atoms with Crippen LogP contribution in [-0.4, -0.2) is 94.8 Å². The van der Waals surface area contributed by atoms with E-state index < -0.39 is 79.2 Å². The molecule has 0 aliphatic heterocycles. The monoisotopic (exact) mass is 558 g/mol. The molecule has 16 nitrogen and oxygen atoms in total.